The highest BCUT2D eigenvalue weighted by molar-refractivity contribution is 5.92. The molecule has 1 aromatic carbocycles. The van der Waals surface area contributed by atoms with E-state index in [1.54, 1.807) is 4.90 Å². The molecule has 0 N–H and O–H groups in total. The van der Waals surface area contributed by atoms with Crippen molar-refractivity contribution in [2.45, 2.75) is 45.2 Å². The number of ether oxygens (including phenoxy) is 1. The summed E-state index contributed by atoms with van der Waals surface area (Å²) in [6, 6.07) is 5.51. The van der Waals surface area contributed by atoms with Crippen LogP contribution in [0.3, 0.4) is 0 Å². The third-order valence-electron chi connectivity index (χ3n) is 4.10. The van der Waals surface area contributed by atoms with Crippen molar-refractivity contribution in [3.05, 3.63) is 39.9 Å². The van der Waals surface area contributed by atoms with E-state index in [-0.39, 0.29) is 35.8 Å². The molecule has 1 aliphatic rings. The number of benzene rings is 1. The molecule has 0 aliphatic carbocycles. The van der Waals surface area contributed by atoms with Gasteiger partial charge in [-0.1, -0.05) is 6.07 Å². The largest absolute Gasteiger partial charge is 0.452 e. The van der Waals surface area contributed by atoms with E-state index in [0.29, 0.717) is 0 Å². The molecule has 7 heteroatoms. The van der Waals surface area contributed by atoms with Gasteiger partial charge in [0.2, 0.25) is 0 Å². The van der Waals surface area contributed by atoms with Crippen LogP contribution in [0.4, 0.5) is 5.69 Å². The molecular weight excluding hydrogens is 300 g/mol. The summed E-state index contributed by atoms with van der Waals surface area (Å²) in [5, 5.41) is 10.7. The summed E-state index contributed by atoms with van der Waals surface area (Å²) in [7, 11) is 0. The number of likely N-dealkylation sites (tertiary alicyclic amines) is 1. The molecule has 2 atom stereocenters. The predicted octanol–water partition coefficient (Wildman–Crippen LogP) is 2.54. The van der Waals surface area contributed by atoms with Crippen LogP contribution in [0.15, 0.2) is 24.3 Å². The third-order valence-corrected chi connectivity index (χ3v) is 4.10. The zero-order valence-corrected chi connectivity index (χ0v) is 13.2. The Morgan fingerprint density at radius 2 is 1.96 bits per heavy atom. The fraction of sp³-hybridized carbons (Fsp3) is 0.500. The number of nitro benzene ring substituents is 1. The van der Waals surface area contributed by atoms with Gasteiger partial charge in [0.05, 0.1) is 10.5 Å². The van der Waals surface area contributed by atoms with E-state index >= 15 is 0 Å². The number of nitrogens with zero attached hydrogens (tertiary/aromatic N) is 2. The lowest BCUT2D eigenvalue weighted by Crippen LogP contribution is -2.49. The van der Waals surface area contributed by atoms with Crippen LogP contribution in [0.1, 0.15) is 43.5 Å². The average molecular weight is 320 g/mol. The smallest absolute Gasteiger partial charge is 0.338 e. The summed E-state index contributed by atoms with van der Waals surface area (Å²) < 4.78 is 5.02. The Labute approximate surface area is 134 Å². The molecule has 0 aromatic heterocycles. The number of hydrogen-bond acceptors (Lipinski definition) is 5. The van der Waals surface area contributed by atoms with Crippen molar-refractivity contribution in [1.82, 2.24) is 4.90 Å². The molecule has 0 spiro atoms. The van der Waals surface area contributed by atoms with Gasteiger partial charge in [0.15, 0.2) is 6.61 Å². The number of nitro groups is 1. The molecular formula is C16H20N2O5. The topological polar surface area (TPSA) is 89.8 Å². The Bertz CT molecular complexity index is 606. The number of esters is 1. The maximum Gasteiger partial charge on any atom is 0.338 e. The second kappa shape index (κ2) is 7.21. The standard InChI is InChI=1S/C16H20N2O5/c1-11-5-3-6-12(2)17(11)15(19)10-23-16(20)13-7-4-8-14(9-13)18(21)22/h4,7-9,11-12H,3,5-6,10H2,1-2H3/t11-,12-/m0/s1. The molecule has 0 saturated carbocycles. The quantitative estimate of drug-likeness (QED) is 0.483. The first-order chi connectivity index (χ1) is 10.9. The summed E-state index contributed by atoms with van der Waals surface area (Å²) in [6.07, 6.45) is 2.96. The van der Waals surface area contributed by atoms with Crippen LogP contribution < -0.4 is 0 Å². The SMILES string of the molecule is C[C@H]1CCC[C@H](C)N1C(=O)COC(=O)c1cccc([N+](=O)[O-])c1. The zero-order chi connectivity index (χ0) is 17.0. The van der Waals surface area contributed by atoms with Gasteiger partial charge in [0, 0.05) is 24.2 Å². The highest BCUT2D eigenvalue weighted by atomic mass is 16.6. The van der Waals surface area contributed by atoms with Crippen LogP contribution >= 0.6 is 0 Å². The van der Waals surface area contributed by atoms with Crippen molar-refractivity contribution in [3.63, 3.8) is 0 Å². The normalized spacial score (nSPS) is 20.9. The van der Waals surface area contributed by atoms with Crippen LogP contribution in [0, 0.1) is 10.1 Å². The van der Waals surface area contributed by atoms with Crippen LogP contribution in [0.25, 0.3) is 0 Å². The maximum atomic E-state index is 12.3. The van der Waals surface area contributed by atoms with E-state index < -0.39 is 10.9 Å². The Hall–Kier alpha value is -2.44. The second-order valence-electron chi connectivity index (χ2n) is 5.81. The van der Waals surface area contributed by atoms with Crippen LogP contribution in [0.5, 0.6) is 0 Å². The van der Waals surface area contributed by atoms with Crippen LogP contribution in [-0.2, 0) is 9.53 Å². The Morgan fingerprint density at radius 1 is 1.30 bits per heavy atom. The lowest BCUT2D eigenvalue weighted by atomic mass is 9.97. The Balaban J connectivity index is 1.97. The number of piperidine rings is 1. The summed E-state index contributed by atoms with van der Waals surface area (Å²) in [4.78, 5) is 36.1. The monoisotopic (exact) mass is 320 g/mol. The summed E-state index contributed by atoms with van der Waals surface area (Å²) >= 11 is 0. The summed E-state index contributed by atoms with van der Waals surface area (Å²) in [5.41, 5.74) is -0.129. The molecule has 7 nitrogen and oxygen atoms in total. The van der Waals surface area contributed by atoms with Gasteiger partial charge in [-0.2, -0.15) is 0 Å². The van der Waals surface area contributed by atoms with Gasteiger partial charge in [0.25, 0.3) is 11.6 Å². The summed E-state index contributed by atoms with van der Waals surface area (Å²) in [6.45, 7) is 3.61. The van der Waals surface area contributed by atoms with E-state index in [2.05, 4.69) is 0 Å². The van der Waals surface area contributed by atoms with E-state index in [1.165, 1.54) is 18.2 Å². The Kier molecular flexibility index (Phi) is 5.31. The van der Waals surface area contributed by atoms with Gasteiger partial charge in [-0.05, 0) is 39.2 Å². The van der Waals surface area contributed by atoms with Crippen molar-refractivity contribution in [2.24, 2.45) is 0 Å². The molecule has 124 valence electrons. The predicted molar refractivity (Wildman–Crippen MR) is 83.0 cm³/mol. The molecule has 23 heavy (non-hydrogen) atoms. The van der Waals surface area contributed by atoms with Gasteiger partial charge in [0.1, 0.15) is 0 Å². The minimum Gasteiger partial charge on any atom is -0.452 e. The number of rotatable bonds is 4. The molecule has 1 aromatic rings. The lowest BCUT2D eigenvalue weighted by Gasteiger charge is -2.38. The van der Waals surface area contributed by atoms with E-state index in [9.17, 15) is 19.7 Å². The molecule has 1 fully saturated rings. The van der Waals surface area contributed by atoms with Crippen LogP contribution in [0.2, 0.25) is 0 Å². The van der Waals surface area contributed by atoms with Gasteiger partial charge in [-0.3, -0.25) is 14.9 Å². The van der Waals surface area contributed by atoms with Crippen molar-refractivity contribution >= 4 is 17.6 Å². The molecule has 2 rings (SSSR count). The first-order valence-corrected chi connectivity index (χ1v) is 7.63. The van der Waals surface area contributed by atoms with Crippen molar-refractivity contribution < 1.29 is 19.2 Å². The first-order valence-electron chi connectivity index (χ1n) is 7.63. The number of carbonyl (C=O) groups is 2. The molecule has 1 amide bonds. The number of non-ortho nitro benzene ring substituents is 1. The lowest BCUT2D eigenvalue weighted by molar-refractivity contribution is -0.384. The first kappa shape index (κ1) is 16.9. The molecule has 0 bridgehead atoms. The van der Waals surface area contributed by atoms with E-state index in [0.717, 1.165) is 25.3 Å². The number of hydrogen-bond donors (Lipinski definition) is 0. The molecule has 0 unspecified atom stereocenters. The van der Waals surface area contributed by atoms with Gasteiger partial charge >= 0.3 is 5.97 Å². The molecule has 0 radical (unpaired) electrons. The van der Waals surface area contributed by atoms with Gasteiger partial charge in [-0.25, -0.2) is 4.79 Å². The minimum absolute atomic E-state index is 0.0618. The van der Waals surface area contributed by atoms with Crippen molar-refractivity contribution in [3.8, 4) is 0 Å². The average Bonchev–Trinajstić information content (AvgIpc) is 2.52. The van der Waals surface area contributed by atoms with Gasteiger partial charge in [-0.15, -0.1) is 0 Å². The summed E-state index contributed by atoms with van der Waals surface area (Å²) in [5.74, 6) is -0.970. The van der Waals surface area contributed by atoms with E-state index in [4.69, 9.17) is 4.74 Å². The zero-order valence-electron chi connectivity index (χ0n) is 13.2. The molecule has 1 saturated heterocycles. The highest BCUT2D eigenvalue weighted by Crippen LogP contribution is 2.22. The van der Waals surface area contributed by atoms with E-state index in [1.807, 2.05) is 13.8 Å². The Morgan fingerprint density at radius 3 is 2.57 bits per heavy atom. The third kappa shape index (κ3) is 4.06. The fourth-order valence-corrected chi connectivity index (χ4v) is 2.94. The van der Waals surface area contributed by atoms with Crippen molar-refractivity contribution in [2.75, 3.05) is 6.61 Å². The van der Waals surface area contributed by atoms with Gasteiger partial charge < -0.3 is 9.64 Å². The number of amides is 1. The molecule has 1 aliphatic heterocycles. The fourth-order valence-electron chi connectivity index (χ4n) is 2.94. The highest BCUT2D eigenvalue weighted by Gasteiger charge is 2.29. The molecule has 1 heterocycles. The van der Waals surface area contributed by atoms with Crippen LogP contribution in [-0.4, -0.2) is 40.4 Å². The minimum atomic E-state index is -0.737. The van der Waals surface area contributed by atoms with Crippen molar-refractivity contribution in [1.29, 1.82) is 0 Å². The number of carbonyl (C=O) groups excluding carboxylic acids is 2. The maximum absolute atomic E-state index is 12.3. The second-order valence-corrected chi connectivity index (χ2v) is 5.81.